The van der Waals surface area contributed by atoms with Crippen LogP contribution in [-0.4, -0.2) is 17.9 Å². The van der Waals surface area contributed by atoms with Crippen molar-refractivity contribution in [3.05, 3.63) is 58.9 Å². The average Bonchev–Trinajstić information content (AvgIpc) is 2.41. The van der Waals surface area contributed by atoms with E-state index in [4.69, 9.17) is 4.74 Å². The Bertz CT molecular complexity index is 591. The zero-order chi connectivity index (χ0) is 13.1. The summed E-state index contributed by atoms with van der Waals surface area (Å²) in [6.07, 6.45) is 1.60. The van der Waals surface area contributed by atoms with Crippen molar-refractivity contribution in [1.82, 2.24) is 4.98 Å². The first-order valence-corrected chi connectivity index (χ1v) is 5.75. The number of ether oxygens (including phenoxy) is 1. The molecule has 0 atom stereocenters. The molecular weight excluding hydrogens is 226 g/mol. The molecule has 92 valence electrons. The zero-order valence-corrected chi connectivity index (χ0v) is 10.7. The third kappa shape index (κ3) is 2.12. The van der Waals surface area contributed by atoms with E-state index in [0.29, 0.717) is 17.0 Å². The number of carbonyl (C=O) groups excluding carboxylic acids is 1. The molecule has 0 amide bonds. The number of rotatable bonds is 3. The Morgan fingerprint density at radius 3 is 2.67 bits per heavy atom. The summed E-state index contributed by atoms with van der Waals surface area (Å²) in [7, 11) is 1.54. The number of pyridine rings is 1. The van der Waals surface area contributed by atoms with Crippen LogP contribution in [0.5, 0.6) is 5.75 Å². The number of aryl methyl sites for hydroxylation is 1. The van der Waals surface area contributed by atoms with Gasteiger partial charge in [0.2, 0.25) is 5.78 Å². The number of methoxy groups -OCH3 is 1. The lowest BCUT2D eigenvalue weighted by Crippen LogP contribution is -2.08. The van der Waals surface area contributed by atoms with Gasteiger partial charge in [-0.15, -0.1) is 0 Å². The van der Waals surface area contributed by atoms with E-state index in [0.717, 1.165) is 11.1 Å². The molecule has 2 aromatic rings. The first-order chi connectivity index (χ1) is 8.65. The van der Waals surface area contributed by atoms with Crippen LogP contribution >= 0.6 is 0 Å². The van der Waals surface area contributed by atoms with Gasteiger partial charge in [-0.25, -0.2) is 4.98 Å². The lowest BCUT2D eigenvalue weighted by Gasteiger charge is -2.09. The number of nitrogens with zero attached hydrogens (tertiary/aromatic N) is 1. The van der Waals surface area contributed by atoms with E-state index >= 15 is 0 Å². The largest absolute Gasteiger partial charge is 0.494 e. The highest BCUT2D eigenvalue weighted by molar-refractivity contribution is 6.10. The molecule has 1 aromatic carbocycles. The number of carbonyl (C=O) groups is 1. The van der Waals surface area contributed by atoms with E-state index in [2.05, 4.69) is 4.98 Å². The maximum atomic E-state index is 12.5. The fraction of sp³-hybridized carbons (Fsp3) is 0.200. The molecule has 0 N–H and O–H groups in total. The number of benzene rings is 1. The van der Waals surface area contributed by atoms with Gasteiger partial charge in [0, 0.05) is 11.8 Å². The fourth-order valence-corrected chi connectivity index (χ4v) is 1.85. The highest BCUT2D eigenvalue weighted by Gasteiger charge is 2.17. The van der Waals surface area contributed by atoms with Crippen molar-refractivity contribution < 1.29 is 9.53 Å². The Balaban J connectivity index is 2.52. The molecule has 3 heteroatoms. The lowest BCUT2D eigenvalue weighted by molar-refractivity contribution is 0.103. The van der Waals surface area contributed by atoms with Gasteiger partial charge in [-0.1, -0.05) is 18.2 Å². The summed E-state index contributed by atoms with van der Waals surface area (Å²) in [6.45, 7) is 3.93. The Hall–Kier alpha value is -2.16. The highest BCUT2D eigenvalue weighted by atomic mass is 16.5. The molecule has 0 unspecified atom stereocenters. The number of hydrogen-bond donors (Lipinski definition) is 0. The third-order valence-corrected chi connectivity index (χ3v) is 3.05. The second-order valence-electron chi connectivity index (χ2n) is 4.13. The van der Waals surface area contributed by atoms with Crippen LogP contribution < -0.4 is 4.74 Å². The van der Waals surface area contributed by atoms with Crippen molar-refractivity contribution >= 4 is 5.78 Å². The molecular formula is C15H15NO2. The number of ketones is 1. The minimum Gasteiger partial charge on any atom is -0.494 e. The van der Waals surface area contributed by atoms with E-state index in [1.807, 2.05) is 32.0 Å². The van der Waals surface area contributed by atoms with Crippen LogP contribution in [0.2, 0.25) is 0 Å². The van der Waals surface area contributed by atoms with E-state index in [9.17, 15) is 4.79 Å². The van der Waals surface area contributed by atoms with Crippen LogP contribution in [-0.2, 0) is 0 Å². The molecule has 1 aromatic heterocycles. The molecule has 2 rings (SSSR count). The Morgan fingerprint density at radius 1 is 1.17 bits per heavy atom. The molecule has 0 saturated heterocycles. The van der Waals surface area contributed by atoms with E-state index in [1.54, 1.807) is 18.3 Å². The molecule has 18 heavy (non-hydrogen) atoms. The molecule has 0 fully saturated rings. The van der Waals surface area contributed by atoms with Crippen LogP contribution in [0.15, 0.2) is 36.5 Å². The summed E-state index contributed by atoms with van der Waals surface area (Å²) >= 11 is 0. The predicted octanol–water partition coefficient (Wildman–Crippen LogP) is 2.94. The lowest BCUT2D eigenvalue weighted by atomic mass is 9.98. The van der Waals surface area contributed by atoms with Crippen LogP contribution in [0.4, 0.5) is 0 Å². The van der Waals surface area contributed by atoms with Crippen molar-refractivity contribution in [3.63, 3.8) is 0 Å². The Kier molecular flexibility index (Phi) is 3.42. The van der Waals surface area contributed by atoms with Crippen molar-refractivity contribution in [3.8, 4) is 5.75 Å². The first kappa shape index (κ1) is 12.3. The topological polar surface area (TPSA) is 39.2 Å². The summed E-state index contributed by atoms with van der Waals surface area (Å²) in [5, 5.41) is 0. The van der Waals surface area contributed by atoms with Gasteiger partial charge in [0.05, 0.1) is 7.11 Å². The Morgan fingerprint density at radius 2 is 1.94 bits per heavy atom. The molecule has 0 radical (unpaired) electrons. The van der Waals surface area contributed by atoms with Crippen LogP contribution in [0.3, 0.4) is 0 Å². The van der Waals surface area contributed by atoms with E-state index in [1.165, 1.54) is 7.11 Å². The number of hydrogen-bond acceptors (Lipinski definition) is 3. The van der Waals surface area contributed by atoms with Gasteiger partial charge >= 0.3 is 0 Å². The normalized spacial score (nSPS) is 10.2. The van der Waals surface area contributed by atoms with Gasteiger partial charge in [0.15, 0.2) is 5.69 Å². The second-order valence-corrected chi connectivity index (χ2v) is 4.13. The monoisotopic (exact) mass is 241 g/mol. The second kappa shape index (κ2) is 5.00. The molecule has 0 aliphatic carbocycles. The third-order valence-electron chi connectivity index (χ3n) is 3.05. The summed E-state index contributed by atoms with van der Waals surface area (Å²) < 4.78 is 5.17. The van der Waals surface area contributed by atoms with E-state index in [-0.39, 0.29) is 5.78 Å². The SMILES string of the molecule is COc1cccnc1C(=O)c1cccc(C)c1C. The first-order valence-electron chi connectivity index (χ1n) is 5.75. The van der Waals surface area contributed by atoms with Gasteiger partial charge in [0.25, 0.3) is 0 Å². The summed E-state index contributed by atoms with van der Waals surface area (Å²) in [5.41, 5.74) is 3.10. The minimum atomic E-state index is -0.103. The van der Waals surface area contributed by atoms with Crippen LogP contribution in [0.1, 0.15) is 27.2 Å². The van der Waals surface area contributed by atoms with Crippen molar-refractivity contribution in [2.75, 3.05) is 7.11 Å². The molecule has 0 aliphatic rings. The fourth-order valence-electron chi connectivity index (χ4n) is 1.85. The van der Waals surface area contributed by atoms with Crippen molar-refractivity contribution in [2.45, 2.75) is 13.8 Å². The van der Waals surface area contributed by atoms with Crippen LogP contribution in [0.25, 0.3) is 0 Å². The highest BCUT2D eigenvalue weighted by Crippen LogP contribution is 2.21. The zero-order valence-electron chi connectivity index (χ0n) is 10.7. The summed E-state index contributed by atoms with van der Waals surface area (Å²) in [5.74, 6) is 0.400. The molecule has 0 bridgehead atoms. The van der Waals surface area contributed by atoms with Gasteiger partial charge in [-0.2, -0.15) is 0 Å². The van der Waals surface area contributed by atoms with Crippen LogP contribution in [0, 0.1) is 13.8 Å². The molecule has 0 spiro atoms. The molecule has 3 nitrogen and oxygen atoms in total. The van der Waals surface area contributed by atoms with Crippen molar-refractivity contribution in [2.24, 2.45) is 0 Å². The Labute approximate surface area is 106 Å². The minimum absolute atomic E-state index is 0.103. The average molecular weight is 241 g/mol. The quantitative estimate of drug-likeness (QED) is 0.775. The van der Waals surface area contributed by atoms with Crippen molar-refractivity contribution in [1.29, 1.82) is 0 Å². The standard InChI is InChI=1S/C15H15NO2/c1-10-6-4-7-12(11(10)2)15(17)14-13(18-3)8-5-9-16-14/h4-9H,1-3H3. The maximum Gasteiger partial charge on any atom is 0.215 e. The van der Waals surface area contributed by atoms with Gasteiger partial charge < -0.3 is 4.74 Å². The van der Waals surface area contributed by atoms with Gasteiger partial charge in [0.1, 0.15) is 5.75 Å². The predicted molar refractivity (Wildman–Crippen MR) is 70.1 cm³/mol. The van der Waals surface area contributed by atoms with Gasteiger partial charge in [-0.05, 0) is 37.1 Å². The molecule has 1 heterocycles. The summed E-state index contributed by atoms with van der Waals surface area (Å²) in [6, 6.07) is 9.18. The summed E-state index contributed by atoms with van der Waals surface area (Å²) in [4.78, 5) is 16.6. The van der Waals surface area contributed by atoms with Gasteiger partial charge in [-0.3, -0.25) is 4.79 Å². The van der Waals surface area contributed by atoms with E-state index < -0.39 is 0 Å². The maximum absolute atomic E-state index is 12.5. The molecule has 0 saturated carbocycles. The smallest absolute Gasteiger partial charge is 0.215 e. The number of aromatic nitrogens is 1. The molecule has 0 aliphatic heterocycles.